The van der Waals surface area contributed by atoms with Gasteiger partial charge in [-0.25, -0.2) is 4.39 Å². The number of hydrogen-bond donors (Lipinski definition) is 2. The van der Waals surface area contributed by atoms with Crippen LogP contribution in [-0.2, 0) is 6.42 Å². The lowest BCUT2D eigenvalue weighted by molar-refractivity contribution is 0.145. The van der Waals surface area contributed by atoms with Gasteiger partial charge >= 0.3 is 0 Å². The van der Waals surface area contributed by atoms with Gasteiger partial charge in [0.15, 0.2) is 0 Å². The van der Waals surface area contributed by atoms with Crippen molar-refractivity contribution in [2.75, 3.05) is 32.9 Å². The Kier molecular flexibility index (Phi) is 9.14. The monoisotopic (exact) mass is 324 g/mol. The van der Waals surface area contributed by atoms with E-state index in [0.717, 1.165) is 43.7 Å². The smallest absolute Gasteiger partial charge is 0.123 e. The molecule has 0 amide bonds. The van der Waals surface area contributed by atoms with Gasteiger partial charge in [0.1, 0.15) is 12.4 Å². The number of nitrogens with zero attached hydrogens (tertiary/aromatic N) is 1. The average molecular weight is 325 g/mol. The second kappa shape index (κ2) is 9.40. The summed E-state index contributed by atoms with van der Waals surface area (Å²) in [6.07, 6.45) is 0.764. The third-order valence-corrected chi connectivity index (χ3v) is 3.63. The number of para-hydroxylation sites is 1. The Balaban J connectivity index is 0.00000180. The highest BCUT2D eigenvalue weighted by molar-refractivity contribution is 5.85. The number of benzene rings is 1. The van der Waals surface area contributed by atoms with Gasteiger partial charge in [0, 0.05) is 31.7 Å². The van der Waals surface area contributed by atoms with E-state index < -0.39 is 6.67 Å². The number of nitrogens with one attached hydrogen (secondary N) is 1. The quantitative estimate of drug-likeness (QED) is 0.893. The lowest BCUT2D eigenvalue weighted by atomic mass is 10.00. The molecule has 0 radical (unpaired) electrons. The molecule has 0 aliphatic carbocycles. The van der Waals surface area contributed by atoms with Crippen LogP contribution in [0.25, 0.3) is 0 Å². The third-order valence-electron chi connectivity index (χ3n) is 3.63. The van der Waals surface area contributed by atoms with Crippen LogP contribution in [-0.4, -0.2) is 42.9 Å². The average Bonchev–Trinajstić information content (AvgIpc) is 2.43. The number of alkyl halides is 1. The Bertz CT molecular complexity index is 401. The largest absolute Gasteiger partial charge is 0.507 e. The Hall–Kier alpha value is -0.550. The summed E-state index contributed by atoms with van der Waals surface area (Å²) in [7, 11) is 0. The van der Waals surface area contributed by atoms with Crippen LogP contribution in [0.1, 0.15) is 24.1 Å². The molecule has 1 atom stereocenters. The molecule has 1 aliphatic heterocycles. The molecule has 3 nitrogen and oxygen atoms in total. The number of aryl methyl sites for hydroxylation is 1. The van der Waals surface area contributed by atoms with Gasteiger partial charge in [-0.1, -0.05) is 25.1 Å². The molecule has 0 saturated carbocycles. The predicted molar refractivity (Wildman–Crippen MR) is 85.1 cm³/mol. The second-order valence-electron chi connectivity index (χ2n) is 4.66. The molecule has 2 rings (SSSR count). The van der Waals surface area contributed by atoms with E-state index in [1.807, 2.05) is 25.1 Å². The van der Waals surface area contributed by atoms with Crippen LogP contribution in [0, 0.1) is 0 Å². The summed E-state index contributed by atoms with van der Waals surface area (Å²) < 4.78 is 13.4. The van der Waals surface area contributed by atoms with Crippen molar-refractivity contribution < 1.29 is 9.50 Å². The number of halogens is 3. The van der Waals surface area contributed by atoms with Crippen LogP contribution in [0.2, 0.25) is 0 Å². The molecule has 1 aromatic carbocycles. The van der Waals surface area contributed by atoms with Gasteiger partial charge in [0.2, 0.25) is 0 Å². The molecule has 1 fully saturated rings. The van der Waals surface area contributed by atoms with Crippen molar-refractivity contribution in [3.8, 4) is 5.75 Å². The fourth-order valence-electron chi connectivity index (χ4n) is 2.54. The molecule has 1 heterocycles. The Morgan fingerprint density at radius 1 is 1.30 bits per heavy atom. The van der Waals surface area contributed by atoms with Gasteiger partial charge < -0.3 is 10.4 Å². The van der Waals surface area contributed by atoms with E-state index in [-0.39, 0.29) is 36.6 Å². The maximum Gasteiger partial charge on any atom is 0.123 e. The number of phenolic OH excluding ortho intramolecular Hbond substituents is 1. The lowest BCUT2D eigenvalue weighted by Crippen LogP contribution is -2.45. The van der Waals surface area contributed by atoms with Crippen LogP contribution in [0.4, 0.5) is 4.39 Å². The molecular weight excluding hydrogens is 302 g/mol. The van der Waals surface area contributed by atoms with E-state index in [9.17, 15) is 9.50 Å². The highest BCUT2D eigenvalue weighted by atomic mass is 35.5. The SMILES string of the molecule is CCc1cccc([C@H](CF)N2CCNCC2)c1O.Cl.Cl. The molecule has 116 valence electrons. The maximum absolute atomic E-state index is 13.4. The number of aromatic hydroxyl groups is 1. The summed E-state index contributed by atoms with van der Waals surface area (Å²) in [5.74, 6) is 0.265. The molecule has 0 unspecified atom stereocenters. The van der Waals surface area contributed by atoms with Gasteiger partial charge in [-0.05, 0) is 12.0 Å². The first kappa shape index (κ1) is 19.4. The first-order valence-electron chi connectivity index (χ1n) is 6.59. The minimum absolute atomic E-state index is 0. The molecule has 0 spiro atoms. The normalized spacial score (nSPS) is 16.9. The zero-order valence-electron chi connectivity index (χ0n) is 11.6. The van der Waals surface area contributed by atoms with Crippen LogP contribution < -0.4 is 5.32 Å². The summed E-state index contributed by atoms with van der Waals surface area (Å²) in [6.45, 7) is 4.94. The molecule has 20 heavy (non-hydrogen) atoms. The summed E-state index contributed by atoms with van der Waals surface area (Å²) in [6, 6.07) is 5.31. The first-order valence-corrected chi connectivity index (χ1v) is 6.59. The van der Waals surface area contributed by atoms with Gasteiger partial charge in [-0.3, -0.25) is 4.90 Å². The highest BCUT2D eigenvalue weighted by Gasteiger charge is 2.24. The third kappa shape index (κ3) is 4.22. The van der Waals surface area contributed by atoms with Crippen molar-refractivity contribution in [1.29, 1.82) is 0 Å². The molecular formula is C14H23Cl2FN2O. The van der Waals surface area contributed by atoms with Gasteiger partial charge in [0.05, 0.1) is 6.04 Å². The molecule has 0 aromatic heterocycles. The predicted octanol–water partition coefficient (Wildman–Crippen LogP) is 2.71. The zero-order chi connectivity index (χ0) is 13.0. The van der Waals surface area contributed by atoms with Crippen molar-refractivity contribution in [3.05, 3.63) is 29.3 Å². The molecule has 0 bridgehead atoms. The zero-order valence-corrected chi connectivity index (χ0v) is 13.3. The van der Waals surface area contributed by atoms with Crippen LogP contribution in [0.3, 0.4) is 0 Å². The Morgan fingerprint density at radius 2 is 1.95 bits per heavy atom. The minimum Gasteiger partial charge on any atom is -0.507 e. The number of hydrogen-bond acceptors (Lipinski definition) is 3. The number of phenols is 1. The van der Waals surface area contributed by atoms with E-state index in [4.69, 9.17) is 0 Å². The fourth-order valence-corrected chi connectivity index (χ4v) is 2.54. The second-order valence-corrected chi connectivity index (χ2v) is 4.66. The molecule has 1 aliphatic rings. The number of rotatable bonds is 4. The van der Waals surface area contributed by atoms with E-state index >= 15 is 0 Å². The van der Waals surface area contributed by atoms with E-state index in [0.29, 0.717) is 0 Å². The fraction of sp³-hybridized carbons (Fsp3) is 0.571. The van der Waals surface area contributed by atoms with Crippen molar-refractivity contribution in [2.24, 2.45) is 0 Å². The first-order chi connectivity index (χ1) is 8.77. The summed E-state index contributed by atoms with van der Waals surface area (Å²) in [5, 5.41) is 13.5. The summed E-state index contributed by atoms with van der Waals surface area (Å²) in [4.78, 5) is 2.10. The molecule has 1 aromatic rings. The van der Waals surface area contributed by atoms with Crippen molar-refractivity contribution in [2.45, 2.75) is 19.4 Å². The molecule has 6 heteroatoms. The van der Waals surface area contributed by atoms with E-state index in [1.165, 1.54) is 0 Å². The summed E-state index contributed by atoms with van der Waals surface area (Å²) in [5.41, 5.74) is 1.61. The standard InChI is InChI=1S/C14H21FN2O.2ClH/c1-2-11-4-3-5-12(14(11)18)13(10-15)17-8-6-16-7-9-17;;/h3-5,13,16,18H,2,6-10H2,1H3;2*1H/t13-;;/m0../s1. The summed E-state index contributed by atoms with van der Waals surface area (Å²) >= 11 is 0. The van der Waals surface area contributed by atoms with Crippen LogP contribution in [0.5, 0.6) is 5.75 Å². The van der Waals surface area contributed by atoms with Gasteiger partial charge in [-0.2, -0.15) is 0 Å². The Labute approximate surface area is 132 Å². The van der Waals surface area contributed by atoms with Crippen molar-refractivity contribution in [3.63, 3.8) is 0 Å². The molecule has 2 N–H and O–H groups in total. The lowest BCUT2D eigenvalue weighted by Gasteiger charge is -2.34. The van der Waals surface area contributed by atoms with Crippen LogP contribution >= 0.6 is 24.8 Å². The van der Waals surface area contributed by atoms with Crippen molar-refractivity contribution in [1.82, 2.24) is 10.2 Å². The van der Waals surface area contributed by atoms with Gasteiger partial charge in [0.25, 0.3) is 0 Å². The Morgan fingerprint density at radius 3 is 2.50 bits per heavy atom. The van der Waals surface area contributed by atoms with E-state index in [2.05, 4.69) is 10.2 Å². The van der Waals surface area contributed by atoms with Crippen molar-refractivity contribution >= 4 is 24.8 Å². The van der Waals surface area contributed by atoms with Gasteiger partial charge in [-0.15, -0.1) is 24.8 Å². The number of piperazine rings is 1. The minimum atomic E-state index is -0.458. The maximum atomic E-state index is 13.4. The molecule has 1 saturated heterocycles. The highest BCUT2D eigenvalue weighted by Crippen LogP contribution is 2.32. The topological polar surface area (TPSA) is 35.5 Å². The van der Waals surface area contributed by atoms with Crippen LogP contribution in [0.15, 0.2) is 18.2 Å². The van der Waals surface area contributed by atoms with E-state index in [1.54, 1.807) is 0 Å².